The fourth-order valence-electron chi connectivity index (χ4n) is 3.04. The Morgan fingerprint density at radius 2 is 1.77 bits per heavy atom. The van der Waals surface area contributed by atoms with Crippen molar-refractivity contribution in [1.29, 1.82) is 0 Å². The number of rotatable bonds is 3. The fourth-order valence-corrected chi connectivity index (χ4v) is 3.04. The molecule has 0 bridgehead atoms. The molecule has 22 heavy (non-hydrogen) atoms. The van der Waals surface area contributed by atoms with Crippen LogP contribution < -0.4 is 14.4 Å². The predicted octanol–water partition coefficient (Wildman–Crippen LogP) is 3.11. The summed E-state index contributed by atoms with van der Waals surface area (Å²) >= 11 is 0. The second-order valence-corrected chi connectivity index (χ2v) is 5.85. The van der Waals surface area contributed by atoms with E-state index in [-0.39, 0.29) is 12.7 Å². The molecule has 0 spiro atoms. The van der Waals surface area contributed by atoms with Gasteiger partial charge in [-0.2, -0.15) is 0 Å². The summed E-state index contributed by atoms with van der Waals surface area (Å²) in [5.74, 6) is 1.62. The summed E-state index contributed by atoms with van der Waals surface area (Å²) in [6.07, 6.45) is 1.76. The van der Waals surface area contributed by atoms with Gasteiger partial charge in [0.15, 0.2) is 11.5 Å². The molecule has 2 aliphatic rings. The third kappa shape index (κ3) is 1.95. The van der Waals surface area contributed by atoms with Crippen molar-refractivity contribution >= 4 is 11.6 Å². The number of ether oxygens (including phenoxy) is 2. The van der Waals surface area contributed by atoms with Gasteiger partial charge in [0.1, 0.15) is 0 Å². The first-order chi connectivity index (χ1) is 10.7. The molecule has 4 nitrogen and oxygen atoms in total. The first-order valence-corrected chi connectivity index (χ1v) is 7.44. The lowest BCUT2D eigenvalue weighted by Crippen LogP contribution is -2.36. The number of amides is 1. The van der Waals surface area contributed by atoms with Crippen LogP contribution in [0.5, 0.6) is 11.5 Å². The summed E-state index contributed by atoms with van der Waals surface area (Å²) in [5.41, 5.74) is 1.52. The second-order valence-electron chi connectivity index (χ2n) is 5.85. The van der Waals surface area contributed by atoms with Crippen molar-refractivity contribution in [3.8, 4) is 11.5 Å². The van der Waals surface area contributed by atoms with Crippen molar-refractivity contribution in [2.45, 2.75) is 18.3 Å². The number of likely N-dealkylation sites (N-methyl/N-ethyl adjacent to an activating group) is 1. The minimum absolute atomic E-state index is 0.137. The Bertz CT molecular complexity index is 722. The van der Waals surface area contributed by atoms with Crippen molar-refractivity contribution in [3.05, 3.63) is 54.1 Å². The number of hydrogen-bond donors (Lipinski definition) is 0. The molecule has 1 aliphatic heterocycles. The number of anilines is 1. The van der Waals surface area contributed by atoms with Crippen LogP contribution in [0.4, 0.5) is 5.69 Å². The van der Waals surface area contributed by atoms with Gasteiger partial charge in [-0.1, -0.05) is 24.3 Å². The first-order valence-electron chi connectivity index (χ1n) is 7.44. The van der Waals surface area contributed by atoms with Crippen LogP contribution in [0.1, 0.15) is 18.4 Å². The molecule has 112 valence electrons. The highest BCUT2D eigenvalue weighted by molar-refractivity contribution is 6.03. The molecule has 1 fully saturated rings. The number of para-hydroxylation sites is 1. The number of carbonyl (C=O) groups excluding carboxylic acids is 1. The third-order valence-corrected chi connectivity index (χ3v) is 4.53. The van der Waals surface area contributed by atoms with Gasteiger partial charge in [0, 0.05) is 12.7 Å². The molecule has 1 aliphatic carbocycles. The molecule has 2 aromatic carbocycles. The molecule has 0 aromatic heterocycles. The molecule has 4 rings (SSSR count). The van der Waals surface area contributed by atoms with E-state index in [0.29, 0.717) is 0 Å². The molecule has 2 aromatic rings. The van der Waals surface area contributed by atoms with Crippen molar-refractivity contribution in [2.24, 2.45) is 0 Å². The van der Waals surface area contributed by atoms with Crippen LogP contribution in [0, 0.1) is 0 Å². The number of nitrogens with zero attached hydrogens (tertiary/aromatic N) is 1. The van der Waals surface area contributed by atoms with E-state index in [0.717, 1.165) is 35.6 Å². The Hall–Kier alpha value is -2.49. The summed E-state index contributed by atoms with van der Waals surface area (Å²) in [6.45, 7) is 0.254. The topological polar surface area (TPSA) is 38.8 Å². The summed E-state index contributed by atoms with van der Waals surface area (Å²) in [7, 11) is 1.84. The highest BCUT2D eigenvalue weighted by atomic mass is 16.7. The predicted molar refractivity (Wildman–Crippen MR) is 83.3 cm³/mol. The maximum atomic E-state index is 13.0. The Labute approximate surface area is 129 Å². The highest BCUT2D eigenvalue weighted by Gasteiger charge is 2.53. The van der Waals surface area contributed by atoms with Crippen LogP contribution in [-0.4, -0.2) is 19.7 Å². The summed E-state index contributed by atoms with van der Waals surface area (Å²) in [4.78, 5) is 14.7. The Morgan fingerprint density at radius 3 is 2.50 bits per heavy atom. The number of benzene rings is 2. The van der Waals surface area contributed by atoms with E-state index in [4.69, 9.17) is 9.47 Å². The van der Waals surface area contributed by atoms with E-state index >= 15 is 0 Å². The van der Waals surface area contributed by atoms with Crippen LogP contribution in [0.25, 0.3) is 0 Å². The molecule has 0 atom stereocenters. The van der Waals surface area contributed by atoms with Gasteiger partial charge in [0.2, 0.25) is 12.7 Å². The zero-order valence-corrected chi connectivity index (χ0v) is 12.4. The van der Waals surface area contributed by atoms with E-state index in [1.807, 2.05) is 55.6 Å². The van der Waals surface area contributed by atoms with Gasteiger partial charge >= 0.3 is 0 Å². The molecule has 0 unspecified atom stereocenters. The van der Waals surface area contributed by atoms with Crippen LogP contribution in [0.15, 0.2) is 48.5 Å². The number of hydrogen-bond acceptors (Lipinski definition) is 3. The maximum absolute atomic E-state index is 13.0. The average Bonchev–Trinajstić information content (AvgIpc) is 3.25. The second kappa shape index (κ2) is 4.77. The van der Waals surface area contributed by atoms with E-state index in [2.05, 4.69) is 0 Å². The van der Waals surface area contributed by atoms with Crippen molar-refractivity contribution in [2.75, 3.05) is 18.7 Å². The molecule has 1 amide bonds. The molecule has 0 N–H and O–H groups in total. The summed E-state index contributed by atoms with van der Waals surface area (Å²) in [5, 5.41) is 0. The molecule has 1 saturated carbocycles. The quantitative estimate of drug-likeness (QED) is 0.873. The van der Waals surface area contributed by atoms with Gasteiger partial charge in [-0.05, 0) is 42.7 Å². The van der Waals surface area contributed by atoms with Crippen LogP contribution in [0.3, 0.4) is 0 Å². The van der Waals surface area contributed by atoms with Gasteiger partial charge in [0.25, 0.3) is 0 Å². The third-order valence-electron chi connectivity index (χ3n) is 4.53. The van der Waals surface area contributed by atoms with Crippen molar-refractivity contribution < 1.29 is 14.3 Å². The van der Waals surface area contributed by atoms with Crippen LogP contribution >= 0.6 is 0 Å². The lowest BCUT2D eigenvalue weighted by Gasteiger charge is -2.24. The monoisotopic (exact) mass is 295 g/mol. The number of fused-ring (bicyclic) bond motifs is 1. The van der Waals surface area contributed by atoms with E-state index in [1.165, 1.54) is 0 Å². The maximum Gasteiger partial charge on any atom is 0.237 e. The molecule has 1 heterocycles. The number of carbonyl (C=O) groups is 1. The Kier molecular flexibility index (Phi) is 2.86. The van der Waals surface area contributed by atoms with E-state index in [1.54, 1.807) is 4.90 Å². The van der Waals surface area contributed by atoms with Crippen molar-refractivity contribution in [3.63, 3.8) is 0 Å². The van der Waals surface area contributed by atoms with Gasteiger partial charge in [0.05, 0.1) is 5.41 Å². The van der Waals surface area contributed by atoms with E-state index in [9.17, 15) is 4.79 Å². The fraction of sp³-hybridized carbons (Fsp3) is 0.278. The lowest BCUT2D eigenvalue weighted by molar-refractivity contribution is -0.120. The molecule has 0 radical (unpaired) electrons. The van der Waals surface area contributed by atoms with Gasteiger partial charge in [-0.15, -0.1) is 0 Å². The highest BCUT2D eigenvalue weighted by Crippen LogP contribution is 2.51. The minimum Gasteiger partial charge on any atom is -0.454 e. The van der Waals surface area contributed by atoms with Crippen LogP contribution in [-0.2, 0) is 10.2 Å². The van der Waals surface area contributed by atoms with Gasteiger partial charge in [-0.25, -0.2) is 0 Å². The lowest BCUT2D eigenvalue weighted by atomic mass is 9.93. The van der Waals surface area contributed by atoms with Crippen molar-refractivity contribution in [1.82, 2.24) is 0 Å². The Balaban J connectivity index is 1.65. The standard InChI is InChI=1S/C18H17NO3/c1-19(14-5-3-2-4-6-14)17(20)18(9-10-18)13-7-8-15-16(11-13)22-12-21-15/h2-8,11H,9-10,12H2,1H3. The normalized spacial score (nSPS) is 17.1. The minimum atomic E-state index is -0.411. The molecule has 4 heteroatoms. The van der Waals surface area contributed by atoms with Crippen LogP contribution in [0.2, 0.25) is 0 Å². The summed E-state index contributed by atoms with van der Waals surface area (Å²) < 4.78 is 10.8. The Morgan fingerprint density at radius 1 is 1.05 bits per heavy atom. The van der Waals surface area contributed by atoms with Gasteiger partial charge in [-0.3, -0.25) is 4.79 Å². The molecular weight excluding hydrogens is 278 g/mol. The molecular formula is C18H17NO3. The smallest absolute Gasteiger partial charge is 0.237 e. The zero-order valence-electron chi connectivity index (χ0n) is 12.4. The SMILES string of the molecule is CN(C(=O)C1(c2ccc3c(c2)OCO3)CC1)c1ccccc1. The summed E-state index contributed by atoms with van der Waals surface area (Å²) in [6, 6.07) is 15.6. The average molecular weight is 295 g/mol. The zero-order chi connectivity index (χ0) is 15.2. The largest absolute Gasteiger partial charge is 0.454 e. The first kappa shape index (κ1) is 13.2. The van der Waals surface area contributed by atoms with Gasteiger partial charge < -0.3 is 14.4 Å². The molecule has 0 saturated heterocycles. The van der Waals surface area contributed by atoms with E-state index < -0.39 is 5.41 Å².